The summed E-state index contributed by atoms with van der Waals surface area (Å²) in [5.41, 5.74) is 7.71. The maximum absolute atomic E-state index is 4.92. The highest BCUT2D eigenvalue weighted by molar-refractivity contribution is 5.88. The van der Waals surface area contributed by atoms with Gasteiger partial charge in [0.25, 0.3) is 0 Å². The Morgan fingerprint density at radius 3 is 2.41 bits per heavy atom. The van der Waals surface area contributed by atoms with Crippen LogP contribution < -0.4 is 0 Å². The number of nitrogens with zero attached hydrogens (tertiary/aromatic N) is 5. The molecule has 0 fully saturated rings. The fourth-order valence-electron chi connectivity index (χ4n) is 4.06. The fourth-order valence-corrected chi connectivity index (χ4v) is 4.06. The van der Waals surface area contributed by atoms with Gasteiger partial charge in [0.15, 0.2) is 5.65 Å². The van der Waals surface area contributed by atoms with Crippen LogP contribution in [-0.4, -0.2) is 24.1 Å². The maximum Gasteiger partial charge on any atom is 0.165 e. The Morgan fingerprint density at radius 2 is 1.74 bits per heavy atom. The van der Waals surface area contributed by atoms with E-state index in [9.17, 15) is 0 Å². The van der Waals surface area contributed by atoms with Crippen molar-refractivity contribution in [3.63, 3.8) is 0 Å². The molecule has 27 heavy (non-hydrogen) atoms. The molecule has 0 saturated carbocycles. The van der Waals surface area contributed by atoms with Crippen molar-refractivity contribution in [3.05, 3.63) is 54.1 Å². The van der Waals surface area contributed by atoms with Crippen LogP contribution in [0.4, 0.5) is 0 Å². The van der Waals surface area contributed by atoms with E-state index in [1.54, 1.807) is 0 Å². The Kier molecular flexibility index (Phi) is 4.25. The Labute approximate surface area is 160 Å². The average molecular weight is 360 g/mol. The van der Waals surface area contributed by atoms with Gasteiger partial charge in [0.1, 0.15) is 5.65 Å². The first-order valence-corrected chi connectivity index (χ1v) is 9.62. The standard InChI is InChI=1S/C22H26N5/c1-7-17(8-2)26-12-11-19-15(5)24-21-20(16(6)25-27(21)22(19)26)18-10-9-13(3)23-14(18)4/h9-12,17H,4,7-8H2,1-3,5-6H3. The quantitative estimate of drug-likeness (QED) is 0.501. The van der Waals surface area contributed by atoms with E-state index in [1.165, 1.54) is 0 Å². The van der Waals surface area contributed by atoms with E-state index < -0.39 is 0 Å². The second-order valence-corrected chi connectivity index (χ2v) is 7.27. The van der Waals surface area contributed by atoms with E-state index in [0.717, 1.165) is 63.4 Å². The number of hydrogen-bond acceptors (Lipinski definition) is 3. The van der Waals surface area contributed by atoms with Crippen LogP contribution in [0.15, 0.2) is 24.4 Å². The third-order valence-corrected chi connectivity index (χ3v) is 5.51. The molecule has 0 unspecified atom stereocenters. The van der Waals surface area contributed by atoms with Gasteiger partial charge in [0.2, 0.25) is 0 Å². The van der Waals surface area contributed by atoms with Crippen molar-refractivity contribution in [1.82, 2.24) is 24.1 Å². The van der Waals surface area contributed by atoms with Gasteiger partial charge in [0.05, 0.1) is 17.0 Å². The zero-order valence-corrected chi connectivity index (χ0v) is 16.7. The third kappa shape index (κ3) is 2.64. The van der Waals surface area contributed by atoms with Crippen molar-refractivity contribution in [3.8, 4) is 11.1 Å². The normalized spacial score (nSPS) is 12.0. The molecule has 5 nitrogen and oxygen atoms in total. The monoisotopic (exact) mass is 360 g/mol. The number of fused-ring (bicyclic) bond motifs is 3. The molecule has 0 amide bonds. The van der Waals surface area contributed by atoms with Gasteiger partial charge >= 0.3 is 0 Å². The van der Waals surface area contributed by atoms with Gasteiger partial charge in [-0.3, -0.25) is 4.98 Å². The summed E-state index contributed by atoms with van der Waals surface area (Å²) in [6.07, 6.45) is 4.34. The van der Waals surface area contributed by atoms with Gasteiger partial charge in [-0.05, 0) is 52.7 Å². The van der Waals surface area contributed by atoms with E-state index >= 15 is 0 Å². The molecule has 5 heteroatoms. The average Bonchev–Trinajstić information content (AvgIpc) is 3.19. The van der Waals surface area contributed by atoms with Crippen molar-refractivity contribution in [2.45, 2.75) is 53.5 Å². The summed E-state index contributed by atoms with van der Waals surface area (Å²) in [4.78, 5) is 9.46. The molecule has 0 saturated heterocycles. The van der Waals surface area contributed by atoms with E-state index in [1.807, 2.05) is 24.4 Å². The van der Waals surface area contributed by atoms with Crippen LogP contribution in [0.5, 0.6) is 0 Å². The summed E-state index contributed by atoms with van der Waals surface area (Å²) in [6, 6.07) is 6.71. The number of rotatable bonds is 4. The molecule has 4 aromatic rings. The lowest BCUT2D eigenvalue weighted by Gasteiger charge is -2.17. The summed E-state index contributed by atoms with van der Waals surface area (Å²) in [5, 5.41) is 6.04. The predicted octanol–water partition coefficient (Wildman–Crippen LogP) is 5.21. The SMILES string of the molecule is [CH2]c1nc(C)ccc1-c1c(C)nn2c1nc(C)c1ccn(C(CC)CC)c12. The molecule has 0 N–H and O–H groups in total. The molecule has 1 radical (unpaired) electrons. The fraction of sp³-hybridized carbons (Fsp3) is 0.364. The molecule has 4 rings (SSSR count). The van der Waals surface area contributed by atoms with Gasteiger partial charge < -0.3 is 4.57 Å². The molecule has 0 spiro atoms. The Hall–Kier alpha value is -2.69. The van der Waals surface area contributed by atoms with Gasteiger partial charge in [-0.25, -0.2) is 4.98 Å². The first-order valence-electron chi connectivity index (χ1n) is 9.62. The highest BCUT2D eigenvalue weighted by atomic mass is 15.3. The molecule has 139 valence electrons. The number of hydrogen-bond donors (Lipinski definition) is 0. The summed E-state index contributed by atoms with van der Waals surface area (Å²) < 4.78 is 4.36. The topological polar surface area (TPSA) is 48.0 Å². The van der Waals surface area contributed by atoms with E-state index in [4.69, 9.17) is 10.1 Å². The number of pyridine rings is 1. The molecule has 0 bridgehead atoms. The van der Waals surface area contributed by atoms with Gasteiger partial charge in [0, 0.05) is 34.6 Å². The molecule has 0 aromatic carbocycles. The maximum atomic E-state index is 4.92. The molecular weight excluding hydrogens is 334 g/mol. The molecule has 0 aliphatic rings. The van der Waals surface area contributed by atoms with Crippen molar-refractivity contribution in [2.75, 3.05) is 0 Å². The Bertz CT molecular complexity index is 1140. The second-order valence-electron chi connectivity index (χ2n) is 7.27. The first-order chi connectivity index (χ1) is 13.0. The lowest BCUT2D eigenvalue weighted by Crippen LogP contribution is -2.09. The van der Waals surface area contributed by atoms with Crippen molar-refractivity contribution < 1.29 is 0 Å². The minimum atomic E-state index is 0.449. The van der Waals surface area contributed by atoms with Gasteiger partial charge in [-0.2, -0.15) is 9.61 Å². The largest absolute Gasteiger partial charge is 0.329 e. The Morgan fingerprint density at radius 1 is 1.00 bits per heavy atom. The molecule has 0 aliphatic carbocycles. The van der Waals surface area contributed by atoms with Crippen molar-refractivity contribution in [1.29, 1.82) is 0 Å². The van der Waals surface area contributed by atoms with Crippen molar-refractivity contribution in [2.24, 2.45) is 0 Å². The summed E-state index contributed by atoms with van der Waals surface area (Å²) in [7, 11) is 0. The summed E-state index contributed by atoms with van der Waals surface area (Å²) in [5.74, 6) is 0. The van der Waals surface area contributed by atoms with Gasteiger partial charge in [-0.1, -0.05) is 19.9 Å². The van der Waals surface area contributed by atoms with Crippen LogP contribution in [0.2, 0.25) is 0 Å². The van der Waals surface area contributed by atoms with Crippen LogP contribution in [0.1, 0.15) is 55.5 Å². The van der Waals surface area contributed by atoms with Crippen LogP contribution in [-0.2, 0) is 0 Å². The minimum Gasteiger partial charge on any atom is -0.329 e. The predicted molar refractivity (Wildman–Crippen MR) is 110 cm³/mol. The molecule has 0 aliphatic heterocycles. The Balaban J connectivity index is 2.09. The lowest BCUT2D eigenvalue weighted by molar-refractivity contribution is 0.480. The van der Waals surface area contributed by atoms with Crippen LogP contribution >= 0.6 is 0 Å². The lowest BCUT2D eigenvalue weighted by atomic mass is 10.0. The molecular formula is C22H26N5. The van der Waals surface area contributed by atoms with Crippen LogP contribution in [0.3, 0.4) is 0 Å². The molecule has 4 heterocycles. The summed E-state index contributed by atoms with van der Waals surface area (Å²) in [6.45, 7) is 14.7. The highest BCUT2D eigenvalue weighted by Gasteiger charge is 2.21. The van der Waals surface area contributed by atoms with E-state index in [-0.39, 0.29) is 0 Å². The smallest absolute Gasteiger partial charge is 0.165 e. The zero-order chi connectivity index (χ0) is 19.3. The van der Waals surface area contributed by atoms with E-state index in [2.05, 4.69) is 55.6 Å². The molecule has 0 atom stereocenters. The third-order valence-electron chi connectivity index (χ3n) is 5.51. The van der Waals surface area contributed by atoms with E-state index in [0.29, 0.717) is 6.04 Å². The second kappa shape index (κ2) is 6.48. The molecule has 4 aromatic heterocycles. The van der Waals surface area contributed by atoms with Gasteiger partial charge in [-0.15, -0.1) is 0 Å². The van der Waals surface area contributed by atoms with Crippen molar-refractivity contribution >= 4 is 16.7 Å². The minimum absolute atomic E-state index is 0.449. The highest BCUT2D eigenvalue weighted by Crippen LogP contribution is 2.33. The van der Waals surface area contributed by atoms with Crippen LogP contribution in [0, 0.1) is 27.7 Å². The number of aryl methyl sites for hydroxylation is 3. The first kappa shape index (κ1) is 17.7. The summed E-state index contributed by atoms with van der Waals surface area (Å²) >= 11 is 0. The zero-order valence-electron chi connectivity index (χ0n) is 16.7. The number of aromatic nitrogens is 5. The van der Waals surface area contributed by atoms with Crippen LogP contribution in [0.25, 0.3) is 27.8 Å².